The first-order valence-corrected chi connectivity index (χ1v) is 10.5. The minimum atomic E-state index is 0.235. The zero-order valence-electron chi connectivity index (χ0n) is 17.4. The molecule has 0 spiro atoms. The average molecular weight is 394 g/mol. The smallest absolute Gasteiger partial charge is 0.191 e. The van der Waals surface area contributed by atoms with Crippen molar-refractivity contribution in [2.75, 3.05) is 33.2 Å². The maximum atomic E-state index is 5.95. The largest absolute Gasteiger partial charge is 0.465 e. The Morgan fingerprint density at radius 2 is 2.00 bits per heavy atom. The molecule has 1 aliphatic heterocycles. The fourth-order valence-electron chi connectivity index (χ4n) is 4.16. The molecule has 154 valence electrons. The van der Waals surface area contributed by atoms with E-state index >= 15 is 0 Å². The Labute approximate surface area is 172 Å². The van der Waals surface area contributed by atoms with Gasteiger partial charge < -0.3 is 20.0 Å². The molecule has 1 fully saturated rings. The zero-order valence-corrected chi connectivity index (χ0v) is 17.4. The number of para-hydroxylation sites is 1. The Morgan fingerprint density at radius 1 is 1.17 bits per heavy atom. The van der Waals surface area contributed by atoms with Gasteiger partial charge in [-0.15, -0.1) is 0 Å². The quantitative estimate of drug-likeness (QED) is 0.424. The molecule has 2 aromatic heterocycles. The molecule has 0 radical (unpaired) electrons. The number of rotatable bonds is 7. The summed E-state index contributed by atoms with van der Waals surface area (Å²) in [7, 11) is 1.82. The van der Waals surface area contributed by atoms with E-state index in [2.05, 4.69) is 62.0 Å². The fourth-order valence-corrected chi connectivity index (χ4v) is 4.16. The van der Waals surface area contributed by atoms with Crippen molar-refractivity contribution in [3.63, 3.8) is 0 Å². The molecule has 1 unspecified atom stereocenters. The third-order valence-corrected chi connectivity index (χ3v) is 5.72. The van der Waals surface area contributed by atoms with E-state index in [1.165, 1.54) is 29.3 Å². The van der Waals surface area contributed by atoms with E-state index in [9.17, 15) is 0 Å². The van der Waals surface area contributed by atoms with Crippen molar-refractivity contribution in [3.8, 4) is 0 Å². The maximum Gasteiger partial charge on any atom is 0.191 e. The first-order chi connectivity index (χ1) is 14.2. The molecule has 3 heterocycles. The summed E-state index contributed by atoms with van der Waals surface area (Å²) in [5, 5.41) is 8.24. The van der Waals surface area contributed by atoms with Gasteiger partial charge in [0.2, 0.25) is 0 Å². The van der Waals surface area contributed by atoms with Crippen molar-refractivity contribution < 1.29 is 4.42 Å². The van der Waals surface area contributed by atoms with Crippen LogP contribution in [0.1, 0.15) is 36.0 Å². The Morgan fingerprint density at radius 3 is 2.76 bits per heavy atom. The van der Waals surface area contributed by atoms with E-state index in [4.69, 9.17) is 4.42 Å². The number of nitrogens with zero attached hydrogens (tertiary/aromatic N) is 2. The van der Waals surface area contributed by atoms with E-state index in [0.29, 0.717) is 0 Å². The number of aryl methyl sites for hydroxylation is 1. The highest BCUT2D eigenvalue weighted by Gasteiger charge is 2.26. The molecule has 29 heavy (non-hydrogen) atoms. The predicted octanol–water partition coefficient (Wildman–Crippen LogP) is 3.61. The lowest BCUT2D eigenvalue weighted by Crippen LogP contribution is -2.43. The number of aliphatic imine (C=N–C) groups is 1. The molecule has 6 nitrogen and oxygen atoms in total. The van der Waals surface area contributed by atoms with Gasteiger partial charge in [0.15, 0.2) is 5.96 Å². The maximum absolute atomic E-state index is 5.95. The lowest BCUT2D eigenvalue weighted by Gasteiger charge is -2.26. The minimum Gasteiger partial charge on any atom is -0.465 e. The van der Waals surface area contributed by atoms with Gasteiger partial charge in [-0.2, -0.15) is 0 Å². The molecular weight excluding hydrogens is 362 g/mol. The van der Waals surface area contributed by atoms with Crippen LogP contribution < -0.4 is 10.6 Å². The Balaban J connectivity index is 1.33. The molecule has 1 aliphatic rings. The van der Waals surface area contributed by atoms with Gasteiger partial charge in [-0.1, -0.05) is 18.2 Å². The van der Waals surface area contributed by atoms with Gasteiger partial charge in [0.1, 0.15) is 11.5 Å². The molecule has 6 heteroatoms. The van der Waals surface area contributed by atoms with Gasteiger partial charge in [-0.3, -0.25) is 9.89 Å². The highest BCUT2D eigenvalue weighted by Crippen LogP contribution is 2.26. The molecule has 1 atom stereocenters. The summed E-state index contributed by atoms with van der Waals surface area (Å²) in [5.74, 6) is 2.83. The van der Waals surface area contributed by atoms with Crippen LogP contribution in [0.4, 0.5) is 0 Å². The summed E-state index contributed by atoms with van der Waals surface area (Å²) < 4.78 is 5.95. The third-order valence-electron chi connectivity index (χ3n) is 5.72. The molecule has 4 rings (SSSR count). The summed E-state index contributed by atoms with van der Waals surface area (Å²) in [6.45, 7) is 5.86. The third kappa shape index (κ3) is 4.65. The number of aromatic nitrogens is 1. The van der Waals surface area contributed by atoms with Crippen molar-refractivity contribution in [2.24, 2.45) is 4.99 Å². The van der Waals surface area contributed by atoms with Crippen LogP contribution in [-0.2, 0) is 6.42 Å². The number of furan rings is 1. The van der Waals surface area contributed by atoms with Crippen LogP contribution in [0.5, 0.6) is 0 Å². The Kier molecular flexibility index (Phi) is 6.20. The zero-order chi connectivity index (χ0) is 20.1. The molecule has 3 aromatic rings. The van der Waals surface area contributed by atoms with Crippen LogP contribution in [0.3, 0.4) is 0 Å². The summed E-state index contributed by atoms with van der Waals surface area (Å²) >= 11 is 0. The molecule has 1 saturated heterocycles. The number of guanidine groups is 1. The van der Waals surface area contributed by atoms with E-state index in [1.807, 2.05) is 20.0 Å². The summed E-state index contributed by atoms with van der Waals surface area (Å²) in [4.78, 5) is 10.3. The van der Waals surface area contributed by atoms with Gasteiger partial charge >= 0.3 is 0 Å². The van der Waals surface area contributed by atoms with Crippen LogP contribution >= 0.6 is 0 Å². The van der Waals surface area contributed by atoms with Crippen molar-refractivity contribution in [3.05, 3.63) is 59.7 Å². The number of benzene rings is 1. The lowest BCUT2D eigenvalue weighted by molar-refractivity contribution is 0.213. The predicted molar refractivity (Wildman–Crippen MR) is 118 cm³/mol. The molecule has 1 aromatic carbocycles. The normalized spacial score (nSPS) is 16.4. The summed E-state index contributed by atoms with van der Waals surface area (Å²) in [5.41, 5.74) is 2.51. The highest BCUT2D eigenvalue weighted by atomic mass is 16.3. The second kappa shape index (κ2) is 9.18. The van der Waals surface area contributed by atoms with Crippen LogP contribution in [0.25, 0.3) is 10.9 Å². The number of fused-ring (bicyclic) bond motifs is 1. The first-order valence-electron chi connectivity index (χ1n) is 10.5. The van der Waals surface area contributed by atoms with Crippen molar-refractivity contribution in [1.82, 2.24) is 20.5 Å². The number of aromatic amines is 1. The molecule has 0 aliphatic carbocycles. The summed E-state index contributed by atoms with van der Waals surface area (Å²) in [6.07, 6.45) is 5.56. The second-order valence-electron chi connectivity index (χ2n) is 7.70. The highest BCUT2D eigenvalue weighted by molar-refractivity contribution is 5.83. The van der Waals surface area contributed by atoms with E-state index < -0.39 is 0 Å². The van der Waals surface area contributed by atoms with E-state index in [0.717, 1.165) is 50.1 Å². The van der Waals surface area contributed by atoms with Gasteiger partial charge in [0, 0.05) is 37.2 Å². The SMILES string of the molecule is CN=C(NCCc1c[nH]c2ccccc12)NCC(c1ccc(C)o1)N1CCCC1. The molecule has 0 amide bonds. The number of hydrogen-bond acceptors (Lipinski definition) is 3. The number of likely N-dealkylation sites (tertiary alicyclic amines) is 1. The number of hydrogen-bond donors (Lipinski definition) is 3. The van der Waals surface area contributed by atoms with Crippen molar-refractivity contribution in [1.29, 1.82) is 0 Å². The van der Waals surface area contributed by atoms with Crippen molar-refractivity contribution in [2.45, 2.75) is 32.2 Å². The van der Waals surface area contributed by atoms with Crippen LogP contribution in [0, 0.1) is 6.92 Å². The first kappa shape index (κ1) is 19.6. The van der Waals surface area contributed by atoms with Crippen LogP contribution in [0.15, 0.2) is 52.0 Å². The summed E-state index contributed by atoms with van der Waals surface area (Å²) in [6, 6.07) is 12.8. The standard InChI is InChI=1S/C23H31N5O/c1-17-9-10-22(29-17)21(28-13-5-6-14-28)16-27-23(24-2)25-12-11-18-15-26-20-8-4-3-7-19(18)20/h3-4,7-10,15,21,26H,5-6,11-14,16H2,1-2H3,(H2,24,25,27). The second-order valence-corrected chi connectivity index (χ2v) is 7.70. The molecular formula is C23H31N5O. The van der Waals surface area contributed by atoms with Gasteiger partial charge in [-0.25, -0.2) is 0 Å². The molecule has 0 bridgehead atoms. The Bertz CT molecular complexity index is 951. The van der Waals surface area contributed by atoms with Gasteiger partial charge in [-0.05, 0) is 63.0 Å². The van der Waals surface area contributed by atoms with Crippen LogP contribution in [0.2, 0.25) is 0 Å². The van der Waals surface area contributed by atoms with Gasteiger partial charge in [0.05, 0.1) is 6.04 Å². The average Bonchev–Trinajstić information content (AvgIpc) is 3.49. The van der Waals surface area contributed by atoms with E-state index in [1.54, 1.807) is 0 Å². The Hall–Kier alpha value is -2.73. The lowest BCUT2D eigenvalue weighted by atomic mass is 10.1. The fraction of sp³-hybridized carbons (Fsp3) is 0.435. The van der Waals surface area contributed by atoms with Crippen LogP contribution in [-0.4, -0.2) is 49.1 Å². The molecule has 3 N–H and O–H groups in total. The monoisotopic (exact) mass is 393 g/mol. The van der Waals surface area contributed by atoms with E-state index in [-0.39, 0.29) is 6.04 Å². The van der Waals surface area contributed by atoms with Crippen molar-refractivity contribution >= 4 is 16.9 Å². The minimum absolute atomic E-state index is 0.235. The topological polar surface area (TPSA) is 68.6 Å². The molecule has 0 saturated carbocycles. The van der Waals surface area contributed by atoms with Gasteiger partial charge in [0.25, 0.3) is 0 Å². The number of H-pyrrole nitrogens is 1. The number of nitrogens with one attached hydrogen (secondary N) is 3.